The van der Waals surface area contributed by atoms with E-state index in [1.165, 1.54) is 0 Å². The number of ether oxygens (including phenoxy) is 1. The van der Waals surface area contributed by atoms with Gasteiger partial charge in [-0.15, -0.1) is 0 Å². The molecule has 0 aliphatic rings. The molecule has 0 bridgehead atoms. The van der Waals surface area contributed by atoms with E-state index in [0.29, 0.717) is 31.4 Å². The van der Waals surface area contributed by atoms with E-state index >= 15 is 0 Å². The largest absolute Gasteiger partial charge is 0.463 e. The van der Waals surface area contributed by atoms with Crippen LogP contribution in [0, 0.1) is 17.2 Å². The van der Waals surface area contributed by atoms with Gasteiger partial charge in [0.15, 0.2) is 0 Å². The molecule has 2 N–H and O–H groups in total. The van der Waals surface area contributed by atoms with Gasteiger partial charge in [-0.3, -0.25) is 0 Å². The summed E-state index contributed by atoms with van der Waals surface area (Å²) in [5, 5.41) is 8.74. The first kappa shape index (κ1) is 16.0. The van der Waals surface area contributed by atoms with Crippen LogP contribution in [0.5, 0.6) is 6.01 Å². The summed E-state index contributed by atoms with van der Waals surface area (Å²) in [6.07, 6.45) is 1.27. The minimum atomic E-state index is 0.131. The molecule has 0 amide bonds. The highest BCUT2D eigenvalue weighted by molar-refractivity contribution is 5.36. The fourth-order valence-corrected chi connectivity index (χ4v) is 1.66. The Hall–Kier alpha value is -2.10. The molecule has 0 unspecified atom stereocenters. The summed E-state index contributed by atoms with van der Waals surface area (Å²) in [7, 11) is 0. The van der Waals surface area contributed by atoms with Crippen molar-refractivity contribution >= 4 is 11.9 Å². The average molecular weight is 278 g/mol. The van der Waals surface area contributed by atoms with Gasteiger partial charge in [0.25, 0.3) is 0 Å². The highest BCUT2D eigenvalue weighted by Crippen LogP contribution is 2.15. The first-order chi connectivity index (χ1) is 9.56. The van der Waals surface area contributed by atoms with Crippen LogP contribution in [0.1, 0.15) is 33.6 Å². The Balaban J connectivity index is 2.93. The smallest absolute Gasteiger partial charge is 0.323 e. The number of nitrogen functional groups attached to an aromatic ring is 1. The van der Waals surface area contributed by atoms with Crippen molar-refractivity contribution in [1.82, 2.24) is 15.0 Å². The lowest BCUT2D eigenvalue weighted by Crippen LogP contribution is -2.30. The predicted molar refractivity (Wildman–Crippen MR) is 77.3 cm³/mol. The standard InChI is InChI=1S/C13H22N6O/c1-4-8-20-13-17-11(15)16-12(18-13)19(7-5-6-14)9-10(2)3/h10H,4-5,7-9H2,1-3H3,(H2,15,16,17,18). The van der Waals surface area contributed by atoms with Gasteiger partial charge in [-0.25, -0.2) is 0 Å². The maximum absolute atomic E-state index is 8.74. The van der Waals surface area contributed by atoms with Gasteiger partial charge in [-0.05, 0) is 12.3 Å². The second-order valence-electron chi connectivity index (χ2n) is 4.87. The van der Waals surface area contributed by atoms with Crippen molar-refractivity contribution in [3.05, 3.63) is 0 Å². The van der Waals surface area contributed by atoms with E-state index in [1.807, 2.05) is 11.8 Å². The molecule has 7 nitrogen and oxygen atoms in total. The topological polar surface area (TPSA) is 101 Å². The Kier molecular flexibility index (Phi) is 6.50. The first-order valence-electron chi connectivity index (χ1n) is 6.83. The molecule has 0 spiro atoms. The average Bonchev–Trinajstić information content (AvgIpc) is 2.40. The van der Waals surface area contributed by atoms with Crippen molar-refractivity contribution in [3.8, 4) is 12.1 Å². The molecular formula is C13H22N6O. The monoisotopic (exact) mass is 278 g/mol. The lowest BCUT2D eigenvalue weighted by molar-refractivity contribution is 0.292. The Morgan fingerprint density at radius 1 is 1.35 bits per heavy atom. The zero-order valence-electron chi connectivity index (χ0n) is 12.3. The van der Waals surface area contributed by atoms with E-state index in [1.54, 1.807) is 0 Å². The van der Waals surface area contributed by atoms with Crippen molar-refractivity contribution in [1.29, 1.82) is 5.26 Å². The van der Waals surface area contributed by atoms with Crippen LogP contribution in [-0.2, 0) is 0 Å². The number of nitrogens with two attached hydrogens (primary N) is 1. The summed E-state index contributed by atoms with van der Waals surface area (Å²) >= 11 is 0. The van der Waals surface area contributed by atoms with Crippen LogP contribution < -0.4 is 15.4 Å². The van der Waals surface area contributed by atoms with Crippen molar-refractivity contribution < 1.29 is 4.74 Å². The SMILES string of the molecule is CCCOc1nc(N)nc(N(CCC#N)CC(C)C)n1. The van der Waals surface area contributed by atoms with E-state index in [0.717, 1.165) is 13.0 Å². The Morgan fingerprint density at radius 3 is 2.70 bits per heavy atom. The van der Waals surface area contributed by atoms with Gasteiger partial charge in [0.05, 0.1) is 19.1 Å². The third-order valence-corrected chi connectivity index (χ3v) is 2.42. The second-order valence-corrected chi connectivity index (χ2v) is 4.87. The molecule has 0 atom stereocenters. The third-order valence-electron chi connectivity index (χ3n) is 2.42. The van der Waals surface area contributed by atoms with Crippen LogP contribution in [0.15, 0.2) is 0 Å². The number of hydrogen-bond donors (Lipinski definition) is 1. The Labute approximate surface area is 119 Å². The predicted octanol–water partition coefficient (Wildman–Crippen LogP) is 1.62. The summed E-state index contributed by atoms with van der Waals surface area (Å²) in [5.41, 5.74) is 5.69. The molecule has 0 aliphatic heterocycles. The molecule has 1 heterocycles. The van der Waals surface area contributed by atoms with Gasteiger partial charge in [0, 0.05) is 13.1 Å². The van der Waals surface area contributed by atoms with Crippen molar-refractivity contribution in [2.45, 2.75) is 33.6 Å². The van der Waals surface area contributed by atoms with Gasteiger partial charge in [-0.2, -0.15) is 20.2 Å². The number of nitriles is 1. The Morgan fingerprint density at radius 2 is 2.10 bits per heavy atom. The molecule has 1 aromatic rings. The second kappa shape index (κ2) is 8.15. The van der Waals surface area contributed by atoms with Gasteiger partial charge in [0.2, 0.25) is 11.9 Å². The minimum absolute atomic E-state index is 0.131. The van der Waals surface area contributed by atoms with E-state index in [2.05, 4.69) is 34.9 Å². The molecule has 1 rings (SSSR count). The summed E-state index contributed by atoms with van der Waals surface area (Å²) in [5.74, 6) is 1.02. The van der Waals surface area contributed by atoms with E-state index in [-0.39, 0.29) is 12.0 Å². The molecule has 0 aliphatic carbocycles. The molecule has 1 aromatic heterocycles. The molecule has 0 fully saturated rings. The van der Waals surface area contributed by atoms with E-state index in [4.69, 9.17) is 15.7 Å². The zero-order chi connectivity index (χ0) is 15.0. The molecular weight excluding hydrogens is 256 g/mol. The molecule has 0 saturated carbocycles. The first-order valence-corrected chi connectivity index (χ1v) is 6.83. The van der Waals surface area contributed by atoms with Crippen molar-refractivity contribution in [2.24, 2.45) is 5.92 Å². The summed E-state index contributed by atoms with van der Waals surface area (Å²) in [4.78, 5) is 14.3. The van der Waals surface area contributed by atoms with Crippen LogP contribution in [0.4, 0.5) is 11.9 Å². The fourth-order valence-electron chi connectivity index (χ4n) is 1.66. The maximum Gasteiger partial charge on any atom is 0.323 e. The number of anilines is 2. The van der Waals surface area contributed by atoms with E-state index < -0.39 is 0 Å². The Bertz CT molecular complexity index is 457. The lowest BCUT2D eigenvalue weighted by Gasteiger charge is -2.23. The molecule has 110 valence electrons. The summed E-state index contributed by atoms with van der Waals surface area (Å²) in [6, 6.07) is 2.37. The fraction of sp³-hybridized carbons (Fsp3) is 0.692. The van der Waals surface area contributed by atoms with Crippen LogP contribution in [0.3, 0.4) is 0 Å². The van der Waals surface area contributed by atoms with Gasteiger partial charge in [0.1, 0.15) is 0 Å². The molecule has 0 saturated heterocycles. The van der Waals surface area contributed by atoms with E-state index in [9.17, 15) is 0 Å². The molecule has 20 heavy (non-hydrogen) atoms. The van der Waals surface area contributed by atoms with Gasteiger partial charge < -0.3 is 15.4 Å². The van der Waals surface area contributed by atoms with Crippen LogP contribution >= 0.6 is 0 Å². The molecule has 0 aromatic carbocycles. The highest BCUT2D eigenvalue weighted by atomic mass is 16.5. The quantitative estimate of drug-likeness (QED) is 0.770. The summed E-state index contributed by atoms with van der Waals surface area (Å²) < 4.78 is 5.40. The van der Waals surface area contributed by atoms with Crippen molar-refractivity contribution in [2.75, 3.05) is 30.3 Å². The normalized spacial score (nSPS) is 10.3. The number of rotatable bonds is 8. The molecule has 7 heteroatoms. The maximum atomic E-state index is 8.74. The number of nitrogens with zero attached hydrogens (tertiary/aromatic N) is 5. The van der Waals surface area contributed by atoms with Crippen LogP contribution in [-0.4, -0.2) is 34.6 Å². The zero-order valence-corrected chi connectivity index (χ0v) is 12.3. The van der Waals surface area contributed by atoms with Gasteiger partial charge >= 0.3 is 6.01 Å². The highest BCUT2D eigenvalue weighted by Gasteiger charge is 2.14. The molecule has 0 radical (unpaired) electrons. The summed E-state index contributed by atoms with van der Waals surface area (Å²) in [6.45, 7) is 8.04. The van der Waals surface area contributed by atoms with Crippen molar-refractivity contribution in [3.63, 3.8) is 0 Å². The lowest BCUT2D eigenvalue weighted by atomic mass is 10.2. The third kappa shape index (κ3) is 5.26. The van der Waals surface area contributed by atoms with Gasteiger partial charge in [-0.1, -0.05) is 20.8 Å². The van der Waals surface area contributed by atoms with Crippen LogP contribution in [0.2, 0.25) is 0 Å². The minimum Gasteiger partial charge on any atom is -0.463 e. The number of aromatic nitrogens is 3. The van der Waals surface area contributed by atoms with Crippen LogP contribution in [0.25, 0.3) is 0 Å². The number of hydrogen-bond acceptors (Lipinski definition) is 7.